The molecule has 0 fully saturated rings. The van der Waals surface area contributed by atoms with Crippen molar-refractivity contribution in [2.24, 2.45) is 0 Å². The monoisotopic (exact) mass is 458 g/mol. The molecular formula is C27H30N4O3. The van der Waals surface area contributed by atoms with E-state index < -0.39 is 0 Å². The molecule has 176 valence electrons. The average Bonchev–Trinajstić information content (AvgIpc) is 3.26. The first-order valence-electron chi connectivity index (χ1n) is 11.5. The topological polar surface area (TPSA) is 88.3 Å². The number of hydrogen-bond acceptors (Lipinski definition) is 5. The summed E-state index contributed by atoms with van der Waals surface area (Å²) >= 11 is 0. The Morgan fingerprint density at radius 2 is 1.82 bits per heavy atom. The molecule has 0 bridgehead atoms. The van der Waals surface area contributed by atoms with Crippen LogP contribution in [0.2, 0.25) is 0 Å². The summed E-state index contributed by atoms with van der Waals surface area (Å²) in [5.41, 5.74) is 5.00. The highest BCUT2D eigenvalue weighted by molar-refractivity contribution is 5.91. The van der Waals surface area contributed by atoms with Gasteiger partial charge in [0.2, 0.25) is 0 Å². The van der Waals surface area contributed by atoms with Crippen LogP contribution in [0.5, 0.6) is 11.5 Å². The minimum Gasteiger partial charge on any atom is -0.490 e. The Labute approximate surface area is 199 Å². The van der Waals surface area contributed by atoms with Gasteiger partial charge in [-0.05, 0) is 55.8 Å². The zero-order valence-corrected chi connectivity index (χ0v) is 19.6. The number of benzene rings is 3. The molecule has 0 aliphatic rings. The van der Waals surface area contributed by atoms with Gasteiger partial charge < -0.3 is 25.1 Å². The summed E-state index contributed by atoms with van der Waals surface area (Å²) in [5, 5.41) is 6.28. The highest BCUT2D eigenvalue weighted by atomic mass is 16.5. The maximum atomic E-state index is 12.3. The van der Waals surface area contributed by atoms with Crippen LogP contribution in [0.4, 0.5) is 5.69 Å². The van der Waals surface area contributed by atoms with Crippen molar-refractivity contribution >= 4 is 22.6 Å². The lowest BCUT2D eigenvalue weighted by Gasteiger charge is -2.14. The third-order valence-corrected chi connectivity index (χ3v) is 5.31. The number of aromatic nitrogens is 2. The second-order valence-corrected chi connectivity index (χ2v) is 8.04. The molecule has 4 rings (SSSR count). The molecule has 0 aliphatic heterocycles. The molecule has 7 nitrogen and oxygen atoms in total. The number of nitrogens with one attached hydrogen (secondary N) is 3. The summed E-state index contributed by atoms with van der Waals surface area (Å²) < 4.78 is 11.5. The van der Waals surface area contributed by atoms with Crippen LogP contribution >= 0.6 is 0 Å². The number of fused-ring (bicyclic) bond motifs is 1. The summed E-state index contributed by atoms with van der Waals surface area (Å²) in [6.07, 6.45) is 0.810. The zero-order valence-electron chi connectivity index (χ0n) is 19.6. The Hall–Kier alpha value is -3.84. The van der Waals surface area contributed by atoms with Gasteiger partial charge in [-0.2, -0.15) is 0 Å². The Morgan fingerprint density at radius 3 is 2.62 bits per heavy atom. The van der Waals surface area contributed by atoms with Crippen molar-refractivity contribution in [1.29, 1.82) is 0 Å². The van der Waals surface area contributed by atoms with Gasteiger partial charge in [-0.3, -0.25) is 4.79 Å². The molecule has 1 amide bonds. The van der Waals surface area contributed by atoms with Crippen molar-refractivity contribution < 1.29 is 14.3 Å². The Kier molecular flexibility index (Phi) is 7.78. The molecule has 3 N–H and O–H groups in total. The number of H-pyrrole nitrogens is 1. The third-order valence-electron chi connectivity index (χ3n) is 5.31. The molecule has 0 atom stereocenters. The van der Waals surface area contributed by atoms with Gasteiger partial charge in [0.05, 0.1) is 17.6 Å². The van der Waals surface area contributed by atoms with E-state index >= 15 is 0 Å². The maximum Gasteiger partial charge on any atom is 0.262 e. The van der Waals surface area contributed by atoms with Gasteiger partial charge in [0.1, 0.15) is 5.82 Å². The van der Waals surface area contributed by atoms with Gasteiger partial charge in [0.25, 0.3) is 5.91 Å². The number of aryl methyl sites for hydroxylation is 1. The molecule has 0 aliphatic carbocycles. The second kappa shape index (κ2) is 11.3. The van der Waals surface area contributed by atoms with E-state index in [0.717, 1.165) is 46.6 Å². The van der Waals surface area contributed by atoms with Gasteiger partial charge >= 0.3 is 0 Å². The van der Waals surface area contributed by atoms with E-state index in [4.69, 9.17) is 9.47 Å². The quantitative estimate of drug-likeness (QED) is 0.286. The summed E-state index contributed by atoms with van der Waals surface area (Å²) in [5.74, 6) is 1.92. The summed E-state index contributed by atoms with van der Waals surface area (Å²) in [7, 11) is 0. The van der Waals surface area contributed by atoms with E-state index in [2.05, 4.69) is 20.6 Å². The fourth-order valence-electron chi connectivity index (χ4n) is 3.59. The van der Waals surface area contributed by atoms with Crippen molar-refractivity contribution in [3.05, 3.63) is 83.7 Å². The maximum absolute atomic E-state index is 12.3. The highest BCUT2D eigenvalue weighted by Gasteiger charge is 2.10. The van der Waals surface area contributed by atoms with Crippen molar-refractivity contribution in [1.82, 2.24) is 15.3 Å². The number of amides is 1. The molecular weight excluding hydrogens is 428 g/mol. The molecule has 0 saturated carbocycles. The number of rotatable bonds is 11. The number of carbonyl (C=O) groups excluding carboxylic acids is 1. The first-order valence-corrected chi connectivity index (χ1v) is 11.5. The van der Waals surface area contributed by atoms with Gasteiger partial charge in [-0.1, -0.05) is 35.9 Å². The van der Waals surface area contributed by atoms with Gasteiger partial charge in [0, 0.05) is 25.2 Å². The van der Waals surface area contributed by atoms with Crippen molar-refractivity contribution in [2.45, 2.75) is 26.8 Å². The molecule has 3 aromatic carbocycles. The number of ether oxygens (including phenoxy) is 2. The fraction of sp³-hybridized carbons (Fsp3) is 0.259. The smallest absolute Gasteiger partial charge is 0.262 e. The summed E-state index contributed by atoms with van der Waals surface area (Å²) in [6.45, 7) is 5.82. The van der Waals surface area contributed by atoms with Crippen LogP contribution in [-0.2, 0) is 17.8 Å². The van der Waals surface area contributed by atoms with Crippen LogP contribution < -0.4 is 20.1 Å². The van der Waals surface area contributed by atoms with E-state index in [-0.39, 0.29) is 12.5 Å². The zero-order chi connectivity index (χ0) is 23.8. The molecule has 34 heavy (non-hydrogen) atoms. The number of para-hydroxylation sites is 2. The fourth-order valence-corrected chi connectivity index (χ4v) is 3.59. The number of nitrogens with zero attached hydrogens (tertiary/aromatic N) is 1. The van der Waals surface area contributed by atoms with Crippen molar-refractivity contribution in [3.63, 3.8) is 0 Å². The van der Waals surface area contributed by atoms with E-state index in [9.17, 15) is 4.79 Å². The van der Waals surface area contributed by atoms with Crippen LogP contribution in [0.1, 0.15) is 23.9 Å². The first-order chi connectivity index (χ1) is 16.6. The Balaban J connectivity index is 1.27. The van der Waals surface area contributed by atoms with Crippen LogP contribution in [0.15, 0.2) is 66.7 Å². The minimum absolute atomic E-state index is 0.0942. The molecule has 4 aromatic rings. The molecule has 0 unspecified atom stereocenters. The first kappa shape index (κ1) is 23.3. The lowest BCUT2D eigenvalue weighted by atomic mass is 10.2. The van der Waals surface area contributed by atoms with Crippen molar-refractivity contribution in [3.8, 4) is 11.5 Å². The average molecular weight is 459 g/mol. The predicted molar refractivity (Wildman–Crippen MR) is 134 cm³/mol. The number of imidazole rings is 1. The summed E-state index contributed by atoms with van der Waals surface area (Å²) in [4.78, 5) is 20.2. The largest absolute Gasteiger partial charge is 0.490 e. The molecule has 1 heterocycles. The molecule has 7 heteroatoms. The summed E-state index contributed by atoms with van der Waals surface area (Å²) in [6, 6.07) is 21.4. The lowest BCUT2D eigenvalue weighted by molar-refractivity contribution is -0.118. The standard InChI is InChI=1S/C27H30N4O3/c1-3-33-25-16-20(17-28-15-14-26-30-22-6-4-5-7-23(22)31-26)10-13-24(25)34-18-27(32)29-21-11-8-19(2)9-12-21/h4-13,16,28H,3,14-15,17-18H2,1-2H3,(H,29,32)(H,30,31). The Bertz CT molecular complexity index is 1200. The molecule has 1 aromatic heterocycles. The minimum atomic E-state index is -0.220. The van der Waals surface area contributed by atoms with E-state index in [1.54, 1.807) is 0 Å². The van der Waals surface area contributed by atoms with Crippen LogP contribution in [0.25, 0.3) is 11.0 Å². The Morgan fingerprint density at radius 1 is 1.00 bits per heavy atom. The number of carbonyl (C=O) groups is 1. The second-order valence-electron chi connectivity index (χ2n) is 8.04. The normalized spacial score (nSPS) is 10.9. The predicted octanol–water partition coefficient (Wildman–Crippen LogP) is 4.62. The van der Waals surface area contributed by atoms with E-state index in [1.807, 2.05) is 80.6 Å². The van der Waals surface area contributed by atoms with Gasteiger partial charge in [-0.15, -0.1) is 0 Å². The van der Waals surface area contributed by atoms with Crippen LogP contribution in [0.3, 0.4) is 0 Å². The SMILES string of the molecule is CCOc1cc(CNCCc2nc3ccccc3[nH]2)ccc1OCC(=O)Nc1ccc(C)cc1. The van der Waals surface area contributed by atoms with Crippen molar-refractivity contribution in [2.75, 3.05) is 25.1 Å². The lowest BCUT2D eigenvalue weighted by Crippen LogP contribution is -2.20. The van der Waals surface area contributed by atoms with E-state index in [1.165, 1.54) is 0 Å². The van der Waals surface area contributed by atoms with Crippen LogP contribution in [-0.4, -0.2) is 35.6 Å². The van der Waals surface area contributed by atoms with E-state index in [0.29, 0.717) is 24.7 Å². The third kappa shape index (κ3) is 6.36. The van der Waals surface area contributed by atoms with Gasteiger partial charge in [-0.25, -0.2) is 4.98 Å². The molecule has 0 radical (unpaired) electrons. The number of anilines is 1. The number of hydrogen-bond donors (Lipinski definition) is 3. The number of aromatic amines is 1. The molecule has 0 saturated heterocycles. The van der Waals surface area contributed by atoms with Gasteiger partial charge in [0.15, 0.2) is 18.1 Å². The highest BCUT2D eigenvalue weighted by Crippen LogP contribution is 2.28. The molecule has 0 spiro atoms. The van der Waals surface area contributed by atoms with Crippen LogP contribution in [0, 0.1) is 6.92 Å².